The minimum atomic E-state index is 0.595. The number of H-pyrrole nitrogens is 2. The molecular formula is C15H10BrN5. The summed E-state index contributed by atoms with van der Waals surface area (Å²) in [6.07, 6.45) is 7.01. The Morgan fingerprint density at radius 1 is 0.952 bits per heavy atom. The molecule has 0 radical (unpaired) electrons. The summed E-state index contributed by atoms with van der Waals surface area (Å²) in [5.74, 6) is 0. The first-order valence-corrected chi connectivity index (χ1v) is 6.97. The van der Waals surface area contributed by atoms with Gasteiger partial charge in [0.15, 0.2) is 0 Å². The van der Waals surface area contributed by atoms with Gasteiger partial charge in [-0.1, -0.05) is 0 Å². The lowest BCUT2D eigenvalue weighted by atomic mass is 10.2. The number of nitrogens with one attached hydrogen (secondary N) is 2. The Labute approximate surface area is 128 Å². The van der Waals surface area contributed by atoms with Crippen molar-refractivity contribution < 1.29 is 0 Å². The Morgan fingerprint density at radius 3 is 2.24 bits per heavy atom. The summed E-state index contributed by atoms with van der Waals surface area (Å²) < 4.78 is 1.01. The summed E-state index contributed by atoms with van der Waals surface area (Å²) in [6.45, 7) is 0. The molecule has 0 aliphatic heterocycles. The van der Waals surface area contributed by atoms with Crippen molar-refractivity contribution in [2.24, 2.45) is 0 Å². The topological polar surface area (TPSA) is 81.2 Å². The van der Waals surface area contributed by atoms with E-state index in [2.05, 4.69) is 35.9 Å². The molecule has 102 valence electrons. The van der Waals surface area contributed by atoms with Gasteiger partial charge in [0, 0.05) is 40.0 Å². The molecule has 0 bridgehead atoms. The van der Waals surface area contributed by atoms with Gasteiger partial charge in [0.1, 0.15) is 17.4 Å². The lowest BCUT2D eigenvalue weighted by Crippen LogP contribution is -1.78. The third-order valence-electron chi connectivity index (χ3n) is 2.90. The standard InChI is InChI=1S/C8H5N3.C7H5BrN2/c9-4-6-3-7-1-2-10-8(7)11-5-6;8-6-3-5-1-2-9-7(5)10-4-6/h1-3,5H,(H,10,11);1-4H,(H,9,10). The predicted octanol–water partition coefficient (Wildman–Crippen LogP) is 3.76. The van der Waals surface area contributed by atoms with E-state index in [0.717, 1.165) is 26.5 Å². The summed E-state index contributed by atoms with van der Waals surface area (Å²) in [5, 5.41) is 10.6. The van der Waals surface area contributed by atoms with Crippen LogP contribution in [0.1, 0.15) is 5.56 Å². The monoisotopic (exact) mass is 339 g/mol. The number of aromatic amines is 2. The van der Waals surface area contributed by atoms with E-state index in [-0.39, 0.29) is 0 Å². The highest BCUT2D eigenvalue weighted by molar-refractivity contribution is 9.10. The van der Waals surface area contributed by atoms with Gasteiger partial charge in [-0.2, -0.15) is 5.26 Å². The second-order valence-corrected chi connectivity index (χ2v) is 5.24. The van der Waals surface area contributed by atoms with Gasteiger partial charge >= 0.3 is 0 Å². The largest absolute Gasteiger partial charge is 0.346 e. The normalized spacial score (nSPS) is 10.1. The Bertz CT molecular complexity index is 932. The molecule has 4 aromatic rings. The fourth-order valence-electron chi connectivity index (χ4n) is 1.91. The number of rotatable bonds is 0. The van der Waals surface area contributed by atoms with Gasteiger partial charge in [-0.25, -0.2) is 9.97 Å². The molecule has 0 atom stereocenters. The molecule has 5 nitrogen and oxygen atoms in total. The van der Waals surface area contributed by atoms with Crippen LogP contribution in [0.4, 0.5) is 0 Å². The van der Waals surface area contributed by atoms with Gasteiger partial charge in [0.25, 0.3) is 0 Å². The van der Waals surface area contributed by atoms with E-state index >= 15 is 0 Å². The number of hydrogen-bond acceptors (Lipinski definition) is 3. The molecule has 0 saturated carbocycles. The fourth-order valence-corrected chi connectivity index (χ4v) is 2.26. The van der Waals surface area contributed by atoms with Crippen molar-refractivity contribution in [2.75, 3.05) is 0 Å². The molecule has 4 rings (SSSR count). The molecular weight excluding hydrogens is 330 g/mol. The van der Waals surface area contributed by atoms with Gasteiger partial charge in [0.2, 0.25) is 0 Å². The molecule has 6 heteroatoms. The van der Waals surface area contributed by atoms with Gasteiger partial charge in [-0.3, -0.25) is 0 Å². The summed E-state index contributed by atoms with van der Waals surface area (Å²) in [7, 11) is 0. The van der Waals surface area contributed by atoms with Crippen LogP contribution in [0.25, 0.3) is 22.1 Å². The molecule has 4 aromatic heterocycles. The first-order valence-electron chi connectivity index (χ1n) is 6.18. The number of aromatic nitrogens is 4. The average Bonchev–Trinajstić information content (AvgIpc) is 3.15. The van der Waals surface area contributed by atoms with Crippen molar-refractivity contribution in [2.45, 2.75) is 0 Å². The van der Waals surface area contributed by atoms with Crippen molar-refractivity contribution in [1.82, 2.24) is 19.9 Å². The van der Waals surface area contributed by atoms with Crippen molar-refractivity contribution in [3.05, 3.63) is 59.1 Å². The molecule has 0 amide bonds. The fraction of sp³-hybridized carbons (Fsp3) is 0. The predicted molar refractivity (Wildman–Crippen MR) is 84.6 cm³/mol. The zero-order chi connectivity index (χ0) is 14.7. The van der Waals surface area contributed by atoms with Crippen molar-refractivity contribution in [3.63, 3.8) is 0 Å². The first kappa shape index (κ1) is 13.3. The van der Waals surface area contributed by atoms with Gasteiger partial charge < -0.3 is 9.97 Å². The van der Waals surface area contributed by atoms with Crippen LogP contribution in [-0.2, 0) is 0 Å². The third kappa shape index (κ3) is 2.93. The van der Waals surface area contributed by atoms with Gasteiger partial charge in [-0.05, 0) is 40.2 Å². The molecule has 0 aliphatic carbocycles. The van der Waals surface area contributed by atoms with Crippen molar-refractivity contribution in [1.29, 1.82) is 5.26 Å². The minimum Gasteiger partial charge on any atom is -0.346 e. The zero-order valence-corrected chi connectivity index (χ0v) is 12.4. The van der Waals surface area contributed by atoms with Crippen LogP contribution >= 0.6 is 15.9 Å². The molecule has 4 heterocycles. The highest BCUT2D eigenvalue weighted by Crippen LogP contribution is 2.15. The van der Waals surface area contributed by atoms with Crippen LogP contribution < -0.4 is 0 Å². The van der Waals surface area contributed by atoms with Gasteiger partial charge in [0.05, 0.1) is 5.56 Å². The summed E-state index contributed by atoms with van der Waals surface area (Å²) in [5.41, 5.74) is 2.35. The lowest BCUT2D eigenvalue weighted by molar-refractivity contribution is 1.31. The van der Waals surface area contributed by atoms with Crippen molar-refractivity contribution >= 4 is 38.0 Å². The number of halogens is 1. The Kier molecular flexibility index (Phi) is 3.67. The summed E-state index contributed by atoms with van der Waals surface area (Å²) >= 11 is 3.34. The van der Waals surface area contributed by atoms with E-state index < -0.39 is 0 Å². The second-order valence-electron chi connectivity index (χ2n) is 4.32. The van der Waals surface area contributed by atoms with E-state index in [1.54, 1.807) is 24.7 Å². The summed E-state index contributed by atoms with van der Waals surface area (Å²) in [6, 6.07) is 9.75. The van der Waals surface area contributed by atoms with E-state index in [0.29, 0.717) is 5.56 Å². The van der Waals surface area contributed by atoms with Crippen LogP contribution in [0.2, 0.25) is 0 Å². The van der Waals surface area contributed by atoms with Crippen LogP contribution in [0.3, 0.4) is 0 Å². The highest BCUT2D eigenvalue weighted by Gasteiger charge is 1.95. The Morgan fingerprint density at radius 2 is 1.57 bits per heavy atom. The number of nitrogens with zero attached hydrogens (tertiary/aromatic N) is 3. The van der Waals surface area contributed by atoms with E-state index in [4.69, 9.17) is 5.26 Å². The second kappa shape index (κ2) is 5.77. The lowest BCUT2D eigenvalue weighted by Gasteiger charge is -1.88. The maximum absolute atomic E-state index is 8.53. The number of nitriles is 1. The Hall–Kier alpha value is -2.65. The molecule has 0 saturated heterocycles. The van der Waals surface area contributed by atoms with Crippen LogP contribution in [-0.4, -0.2) is 19.9 Å². The molecule has 0 aromatic carbocycles. The maximum atomic E-state index is 8.53. The first-order chi connectivity index (χ1) is 10.3. The van der Waals surface area contributed by atoms with E-state index in [1.807, 2.05) is 30.5 Å². The van der Waals surface area contributed by atoms with E-state index in [1.165, 1.54) is 0 Å². The zero-order valence-electron chi connectivity index (χ0n) is 10.8. The number of hydrogen-bond donors (Lipinski definition) is 2. The molecule has 0 spiro atoms. The molecule has 2 N–H and O–H groups in total. The third-order valence-corrected chi connectivity index (χ3v) is 3.33. The summed E-state index contributed by atoms with van der Waals surface area (Å²) in [4.78, 5) is 14.1. The molecule has 0 fully saturated rings. The van der Waals surface area contributed by atoms with Crippen LogP contribution in [0.5, 0.6) is 0 Å². The molecule has 0 unspecified atom stereocenters. The Balaban J connectivity index is 0.000000126. The number of fused-ring (bicyclic) bond motifs is 2. The average molecular weight is 340 g/mol. The van der Waals surface area contributed by atoms with Crippen molar-refractivity contribution in [3.8, 4) is 6.07 Å². The smallest absolute Gasteiger partial charge is 0.137 e. The number of pyridine rings is 2. The quantitative estimate of drug-likeness (QED) is 0.511. The maximum Gasteiger partial charge on any atom is 0.137 e. The van der Waals surface area contributed by atoms with Crippen LogP contribution in [0, 0.1) is 11.3 Å². The minimum absolute atomic E-state index is 0.595. The highest BCUT2D eigenvalue weighted by atomic mass is 79.9. The van der Waals surface area contributed by atoms with E-state index in [9.17, 15) is 0 Å². The molecule has 21 heavy (non-hydrogen) atoms. The van der Waals surface area contributed by atoms with Crippen LogP contribution in [0.15, 0.2) is 53.5 Å². The molecule has 0 aliphatic rings. The SMILES string of the molecule is Brc1cnc2[nH]ccc2c1.N#Cc1cnc2[nH]ccc2c1. The van der Waals surface area contributed by atoms with Gasteiger partial charge in [-0.15, -0.1) is 0 Å².